The van der Waals surface area contributed by atoms with Gasteiger partial charge in [-0.3, -0.25) is 10.8 Å². The first-order valence-corrected chi connectivity index (χ1v) is 48.9. The van der Waals surface area contributed by atoms with Crippen LogP contribution in [0.3, 0.4) is 0 Å². The molecule has 35 heteroatoms. The molecule has 4 atom stereocenters. The summed E-state index contributed by atoms with van der Waals surface area (Å²) in [6.07, 6.45) is 23.2. The predicted molar refractivity (Wildman–Crippen MR) is 557 cm³/mol. The van der Waals surface area contributed by atoms with E-state index in [2.05, 4.69) is 170 Å². The Balaban J connectivity index is 0.000000122. The third-order valence-corrected chi connectivity index (χ3v) is 26.8. The lowest BCUT2D eigenvalue weighted by Gasteiger charge is -2.36. The minimum atomic E-state index is 0.137. The van der Waals surface area contributed by atoms with Crippen molar-refractivity contribution in [3.05, 3.63) is 235 Å². The minimum absolute atomic E-state index is 0.137. The van der Waals surface area contributed by atoms with Crippen LogP contribution < -0.4 is 57.5 Å². The summed E-state index contributed by atoms with van der Waals surface area (Å²) < 4.78 is 96.0. The van der Waals surface area contributed by atoms with Crippen LogP contribution >= 0.6 is 0 Å². The average molecular weight is 1970 g/mol. The summed E-state index contributed by atoms with van der Waals surface area (Å²) in [5, 5.41) is 27.7. The highest BCUT2D eigenvalue weighted by molar-refractivity contribution is 5.93. The number of aryl methyl sites for hydroxylation is 4. The molecule has 4 N–H and O–H groups in total. The van der Waals surface area contributed by atoms with Gasteiger partial charge in [0.1, 0.15) is 132 Å². The van der Waals surface area contributed by atoms with Gasteiger partial charge in [-0.15, -0.1) is 10.2 Å². The molecule has 6 aliphatic heterocycles. The number of aromatic amines is 2. The van der Waals surface area contributed by atoms with Gasteiger partial charge in [-0.25, -0.2) is 44.2 Å². The van der Waals surface area contributed by atoms with Crippen LogP contribution in [0.1, 0.15) is 96.9 Å². The largest absolute Gasteiger partial charge is 0.496 e. The second kappa shape index (κ2) is 44.1. The first-order valence-electron chi connectivity index (χ1n) is 48.9. The number of furan rings is 4. The maximum atomic E-state index is 7.72. The van der Waals surface area contributed by atoms with Crippen LogP contribution in [-0.2, 0) is 44.6 Å². The summed E-state index contributed by atoms with van der Waals surface area (Å²) >= 11 is 0. The lowest BCUT2D eigenvalue weighted by molar-refractivity contribution is 0.230. The number of pyridine rings is 3. The number of nitrogens with one attached hydrogen (secondary N) is 4. The molecule has 16 aromatic rings. The Morgan fingerprint density at radius 1 is 0.393 bits per heavy atom. The van der Waals surface area contributed by atoms with Crippen molar-refractivity contribution in [2.24, 2.45) is 33.9 Å². The number of piperidine rings is 4. The van der Waals surface area contributed by atoms with E-state index in [-0.39, 0.29) is 24.6 Å². The number of hydrogen-bond acceptors (Lipinski definition) is 31. The van der Waals surface area contributed by atoms with Crippen LogP contribution in [-0.4, -0.2) is 207 Å². The third kappa shape index (κ3) is 22.9. The van der Waals surface area contributed by atoms with Crippen molar-refractivity contribution in [2.45, 2.75) is 105 Å². The topological polar surface area (TPSA) is 380 Å². The zero-order valence-electron chi connectivity index (χ0n) is 83.8. The lowest BCUT2D eigenvalue weighted by Crippen LogP contribution is -2.38. The molecule has 35 nitrogen and oxygen atoms in total. The summed E-state index contributed by atoms with van der Waals surface area (Å²) in [5.41, 5.74) is 12.7. The number of imidazole rings is 4. The second-order valence-corrected chi connectivity index (χ2v) is 37.3. The van der Waals surface area contributed by atoms with E-state index < -0.39 is 0 Å². The Hall–Kier alpha value is -16.2. The summed E-state index contributed by atoms with van der Waals surface area (Å²) in [7, 11) is 12.7. The van der Waals surface area contributed by atoms with Gasteiger partial charge in [0.15, 0.2) is 34.8 Å². The molecule has 5 aromatic carbocycles. The van der Waals surface area contributed by atoms with Gasteiger partial charge >= 0.3 is 0 Å². The standard InChI is InChI=1S/C29H32N4O4.2C27H29N5O4.C27H31N5O4/c1-18-5-9-21(10-6-18)33-16-20(8-7-19(33)2)17-36-25-11-22(34-3)12-26-23(25)13-27(37-26)24-15-31-29(32-24)14-28(30)35-4;2*1-17-6-7-25(28-13-17)31-8-4-5-18(14-31)16-35-22-9-19(33-2)10-23-20(22)11-24(36-23)21-15-32-26(29-21)12-27(30-32)34-3;1-17-6-7-27(30-13-17)32-8-4-5-18(15-32)16-35-22-9-19(33-2)10-23-20(22)11-24(36-23)21-14-29-26(31-21)12-25(28)34-3/h5-6,9-13,15,20,30H,2,7-8,14,16-17H2,1,3-4H3,(H,31,32);2*6-7,9-11,13,15,18H,4-5,8,12,14,16H2,1-3H3;6-7,9-11,13-14,18,28H,4-5,8,12,15-16H2,1-3H3,(H,29,31). The Morgan fingerprint density at radius 2 is 0.738 bits per heavy atom. The molecule has 22 rings (SSSR count). The molecule has 4 saturated heterocycles. The average Bonchev–Trinajstić information content (AvgIpc) is 1.63. The van der Waals surface area contributed by atoms with E-state index >= 15 is 0 Å². The molecule has 6 aliphatic rings. The Kier molecular flexibility index (Phi) is 29.7. The fraction of sp³-hybridized carbons (Fsp3) is 0.355. The molecule has 4 unspecified atom stereocenters. The molecule has 752 valence electrons. The molecule has 17 heterocycles. The smallest absolute Gasteiger partial charge is 0.214 e. The van der Waals surface area contributed by atoms with E-state index in [1.54, 1.807) is 64.4 Å². The number of fused-ring (bicyclic) bond motifs is 6. The van der Waals surface area contributed by atoms with Crippen LogP contribution in [0, 0.1) is 62.2 Å². The molecule has 0 radical (unpaired) electrons. The molecule has 0 saturated carbocycles. The highest BCUT2D eigenvalue weighted by atomic mass is 16.5. The normalized spacial score (nSPS) is 16.5. The maximum absolute atomic E-state index is 7.72. The summed E-state index contributed by atoms with van der Waals surface area (Å²) in [4.78, 5) is 47.6. The van der Waals surface area contributed by atoms with E-state index in [9.17, 15) is 0 Å². The van der Waals surface area contributed by atoms with E-state index in [1.807, 2.05) is 104 Å². The Bertz CT molecular complexity index is 7110. The van der Waals surface area contributed by atoms with Crippen LogP contribution in [0.15, 0.2) is 217 Å². The van der Waals surface area contributed by atoms with Gasteiger partial charge < -0.3 is 104 Å². The van der Waals surface area contributed by atoms with Gasteiger partial charge in [0.05, 0.1) is 155 Å². The Morgan fingerprint density at radius 3 is 1.07 bits per heavy atom. The van der Waals surface area contributed by atoms with Crippen molar-refractivity contribution in [2.75, 3.05) is 149 Å². The van der Waals surface area contributed by atoms with E-state index in [0.29, 0.717) is 155 Å². The van der Waals surface area contributed by atoms with Crippen molar-refractivity contribution < 1.29 is 74.5 Å². The zero-order valence-corrected chi connectivity index (χ0v) is 83.8. The van der Waals surface area contributed by atoms with Gasteiger partial charge in [-0.05, 0) is 150 Å². The minimum Gasteiger partial charge on any atom is -0.496 e. The van der Waals surface area contributed by atoms with Crippen molar-refractivity contribution in [3.8, 4) is 91.8 Å². The number of H-pyrrole nitrogens is 2. The van der Waals surface area contributed by atoms with Crippen LogP contribution in [0.25, 0.3) is 89.7 Å². The van der Waals surface area contributed by atoms with Crippen LogP contribution in [0.4, 0.5) is 23.1 Å². The monoisotopic (exact) mass is 1960 g/mol. The molecule has 145 heavy (non-hydrogen) atoms. The molecule has 0 aliphatic carbocycles. The quantitative estimate of drug-likeness (QED) is 0.0261. The van der Waals surface area contributed by atoms with Crippen molar-refractivity contribution in [3.63, 3.8) is 0 Å². The van der Waals surface area contributed by atoms with Crippen LogP contribution in [0.5, 0.6) is 46.0 Å². The molecule has 0 spiro atoms. The number of ether oxygens (including phenoxy) is 12. The van der Waals surface area contributed by atoms with E-state index in [4.69, 9.17) is 85.3 Å². The fourth-order valence-electron chi connectivity index (χ4n) is 18.8. The van der Waals surface area contributed by atoms with Gasteiger partial charge in [0, 0.05) is 148 Å². The first kappa shape index (κ1) is 97.6. The zero-order chi connectivity index (χ0) is 100. The first-order chi connectivity index (χ1) is 70.6. The predicted octanol–water partition coefficient (Wildman–Crippen LogP) is 20.4. The van der Waals surface area contributed by atoms with Gasteiger partial charge in [-0.1, -0.05) is 42.5 Å². The van der Waals surface area contributed by atoms with E-state index in [1.165, 1.54) is 36.6 Å². The van der Waals surface area contributed by atoms with Gasteiger partial charge in [0.2, 0.25) is 11.8 Å². The number of methoxy groups -OCH3 is 8. The van der Waals surface area contributed by atoms with Crippen molar-refractivity contribution in [1.82, 2.24) is 54.2 Å². The highest BCUT2D eigenvalue weighted by Gasteiger charge is 2.32. The third-order valence-electron chi connectivity index (χ3n) is 26.8. The number of hydrogen-bond donors (Lipinski definition) is 4. The van der Waals surface area contributed by atoms with E-state index in [0.717, 1.165) is 205 Å². The van der Waals surface area contributed by atoms with Crippen molar-refractivity contribution in [1.29, 1.82) is 10.8 Å². The molecule has 4 fully saturated rings. The number of aromatic nitrogens is 11. The summed E-state index contributed by atoms with van der Waals surface area (Å²) in [6.45, 7) is 21.6. The molecule has 11 aromatic heterocycles. The molecular formula is C110H121N19O16. The van der Waals surface area contributed by atoms with Crippen LogP contribution in [0.2, 0.25) is 0 Å². The van der Waals surface area contributed by atoms with Gasteiger partial charge in [-0.2, -0.15) is 0 Å². The Labute approximate surface area is 839 Å². The fourth-order valence-corrected chi connectivity index (χ4v) is 18.8. The molecular weight excluding hydrogens is 1840 g/mol. The molecule has 0 amide bonds. The van der Waals surface area contributed by atoms with Crippen molar-refractivity contribution >= 4 is 90.6 Å². The second-order valence-electron chi connectivity index (χ2n) is 37.3. The molecule has 0 bridgehead atoms. The lowest BCUT2D eigenvalue weighted by atomic mass is 9.96. The highest BCUT2D eigenvalue weighted by Crippen LogP contribution is 2.44. The SMILES string of the molecule is C=C1CCC(COc2cc(OC)cc3oc(-c4cnc(CC(=N)OC)[nH]4)cc23)CN1c1ccc(C)cc1.COC(=N)Cc1ncc(-c2cc3c(OCC4CCCN(c5ccc(C)cn5)C4)cc(OC)cc3o2)[nH]1.COC1=Nn2cc(-c3cc4c(OCC5CCCN(c6ccc(C)cn6)C5)cc(OC)cc4o3)nc2C1.COC1=Nn2cc(-c3cc4c(OCC5CCCN(c6ccc(C)cn6)C5)cc(OC)cc4o3)nc2C1. The number of allylic oxidation sites excluding steroid dienone is 1. The summed E-state index contributed by atoms with van der Waals surface area (Å²) in [6, 6.07) is 44.2. The number of benzene rings is 5. The van der Waals surface area contributed by atoms with Gasteiger partial charge in [0.25, 0.3) is 0 Å². The number of anilines is 4. The summed E-state index contributed by atoms with van der Waals surface area (Å²) in [5.74, 6) is 17.4. The number of rotatable bonds is 28. The maximum Gasteiger partial charge on any atom is 0.214 e. The number of nitrogens with zero attached hydrogens (tertiary/aromatic N) is 15.